The maximum absolute atomic E-state index is 12.6. The van der Waals surface area contributed by atoms with E-state index in [-0.39, 0.29) is 36.8 Å². The summed E-state index contributed by atoms with van der Waals surface area (Å²) in [5, 5.41) is 19.9. The number of carbonyl (C=O) groups excluding carboxylic acids is 2. The number of carbonyl (C=O) groups is 2. The van der Waals surface area contributed by atoms with E-state index in [1.165, 1.54) is 4.90 Å². The molecule has 1 unspecified atom stereocenters. The van der Waals surface area contributed by atoms with Crippen LogP contribution in [0.2, 0.25) is 5.02 Å². The fourth-order valence-corrected chi connectivity index (χ4v) is 3.01. The standard InChI is InChI=1S/C18H22ClNO4/c1-11(2)10-14(22)15-16(12-4-6-13(19)7-5-12)20(8-3-9-21)18(24)17(15)23/h4-7,11,16,21,23H,3,8-10H2,1-2H3. The summed E-state index contributed by atoms with van der Waals surface area (Å²) in [6.45, 7) is 4.00. The number of halogens is 1. The summed E-state index contributed by atoms with van der Waals surface area (Å²) in [5.41, 5.74) is 0.843. The normalized spacial score (nSPS) is 18.0. The zero-order valence-corrected chi connectivity index (χ0v) is 14.6. The predicted molar refractivity (Wildman–Crippen MR) is 91.7 cm³/mol. The monoisotopic (exact) mass is 351 g/mol. The highest BCUT2D eigenvalue weighted by molar-refractivity contribution is 6.30. The second kappa shape index (κ2) is 7.81. The summed E-state index contributed by atoms with van der Waals surface area (Å²) in [6, 6.07) is 6.21. The second-order valence-electron chi connectivity index (χ2n) is 6.31. The van der Waals surface area contributed by atoms with Gasteiger partial charge in [0.1, 0.15) is 0 Å². The molecule has 0 spiro atoms. The van der Waals surface area contributed by atoms with Gasteiger partial charge in [-0.15, -0.1) is 0 Å². The molecule has 6 heteroatoms. The number of hydrogen-bond acceptors (Lipinski definition) is 4. The molecule has 1 aromatic rings. The maximum atomic E-state index is 12.6. The molecule has 0 saturated carbocycles. The van der Waals surface area contributed by atoms with E-state index in [0.717, 1.165) is 0 Å². The van der Waals surface area contributed by atoms with Crippen molar-refractivity contribution in [2.75, 3.05) is 13.2 Å². The molecule has 5 nitrogen and oxygen atoms in total. The number of nitrogens with zero attached hydrogens (tertiary/aromatic N) is 1. The van der Waals surface area contributed by atoms with Gasteiger partial charge < -0.3 is 15.1 Å². The van der Waals surface area contributed by atoms with E-state index >= 15 is 0 Å². The molecular formula is C18H22ClNO4. The molecule has 1 amide bonds. The largest absolute Gasteiger partial charge is 0.503 e. The minimum absolute atomic E-state index is 0.0762. The lowest BCUT2D eigenvalue weighted by Crippen LogP contribution is -2.32. The molecule has 0 saturated heterocycles. The first-order valence-corrected chi connectivity index (χ1v) is 8.38. The second-order valence-corrected chi connectivity index (χ2v) is 6.75. The zero-order valence-electron chi connectivity index (χ0n) is 13.8. The molecular weight excluding hydrogens is 330 g/mol. The van der Waals surface area contributed by atoms with Gasteiger partial charge in [0.15, 0.2) is 11.5 Å². The molecule has 0 aliphatic carbocycles. The van der Waals surface area contributed by atoms with Crippen molar-refractivity contribution in [2.24, 2.45) is 5.92 Å². The van der Waals surface area contributed by atoms with Gasteiger partial charge in [-0.1, -0.05) is 37.6 Å². The third-order valence-corrected chi connectivity index (χ3v) is 4.19. The van der Waals surface area contributed by atoms with E-state index in [0.29, 0.717) is 17.0 Å². The van der Waals surface area contributed by atoms with Crippen molar-refractivity contribution in [3.63, 3.8) is 0 Å². The Balaban J connectivity index is 2.45. The van der Waals surface area contributed by atoms with Gasteiger partial charge in [-0.3, -0.25) is 9.59 Å². The minimum atomic E-state index is -0.646. The molecule has 0 fully saturated rings. The Kier molecular flexibility index (Phi) is 6.02. The van der Waals surface area contributed by atoms with Crippen molar-refractivity contribution in [3.8, 4) is 0 Å². The van der Waals surface area contributed by atoms with Crippen molar-refractivity contribution in [1.29, 1.82) is 0 Å². The van der Waals surface area contributed by atoms with Crippen LogP contribution < -0.4 is 0 Å². The van der Waals surface area contributed by atoms with Crippen LogP contribution in [0.15, 0.2) is 35.6 Å². The molecule has 1 aromatic carbocycles. The molecule has 1 heterocycles. The quantitative estimate of drug-likeness (QED) is 0.791. The number of Topliss-reactive ketones (excluding diaryl/α,β-unsaturated/α-hetero) is 1. The molecule has 1 aliphatic rings. The highest BCUT2D eigenvalue weighted by atomic mass is 35.5. The van der Waals surface area contributed by atoms with Gasteiger partial charge in [0.2, 0.25) is 0 Å². The highest BCUT2D eigenvalue weighted by Gasteiger charge is 2.42. The first kappa shape index (κ1) is 18.5. The Morgan fingerprint density at radius 3 is 2.46 bits per heavy atom. The van der Waals surface area contributed by atoms with E-state index in [2.05, 4.69) is 0 Å². The summed E-state index contributed by atoms with van der Waals surface area (Å²) in [6.07, 6.45) is 0.624. The highest BCUT2D eigenvalue weighted by Crippen LogP contribution is 2.38. The molecule has 0 aromatic heterocycles. The van der Waals surface area contributed by atoms with E-state index in [9.17, 15) is 14.7 Å². The number of rotatable bonds is 7. The van der Waals surface area contributed by atoms with Crippen molar-refractivity contribution in [2.45, 2.75) is 32.7 Å². The molecule has 0 radical (unpaired) electrons. The summed E-state index contributed by atoms with van der Waals surface area (Å²) in [4.78, 5) is 26.5. The van der Waals surface area contributed by atoms with Crippen molar-refractivity contribution >= 4 is 23.3 Å². The summed E-state index contributed by atoms with van der Waals surface area (Å²) >= 11 is 5.92. The average Bonchev–Trinajstić information content (AvgIpc) is 2.77. The topological polar surface area (TPSA) is 77.8 Å². The van der Waals surface area contributed by atoms with Crippen LogP contribution in [0.1, 0.15) is 38.3 Å². The van der Waals surface area contributed by atoms with Crippen LogP contribution in [0.3, 0.4) is 0 Å². The SMILES string of the molecule is CC(C)CC(=O)C1=C(O)C(=O)N(CCCO)C1c1ccc(Cl)cc1. The van der Waals surface area contributed by atoms with E-state index < -0.39 is 17.7 Å². The lowest BCUT2D eigenvalue weighted by atomic mass is 9.92. The maximum Gasteiger partial charge on any atom is 0.290 e. The van der Waals surface area contributed by atoms with E-state index in [1.807, 2.05) is 13.8 Å². The Bertz CT molecular complexity index is 651. The number of benzene rings is 1. The predicted octanol–water partition coefficient (Wildman–Crippen LogP) is 3.03. The Labute approximate surface area is 146 Å². The smallest absolute Gasteiger partial charge is 0.290 e. The fraction of sp³-hybridized carbons (Fsp3) is 0.444. The van der Waals surface area contributed by atoms with Crippen LogP contribution in [0.4, 0.5) is 0 Å². The van der Waals surface area contributed by atoms with Gasteiger partial charge in [-0.05, 0) is 30.0 Å². The van der Waals surface area contributed by atoms with Crippen molar-refractivity contribution in [3.05, 3.63) is 46.2 Å². The van der Waals surface area contributed by atoms with Crippen LogP contribution in [0.25, 0.3) is 0 Å². The van der Waals surface area contributed by atoms with Crippen LogP contribution in [-0.4, -0.2) is 40.0 Å². The number of amides is 1. The molecule has 130 valence electrons. The zero-order chi connectivity index (χ0) is 17.9. The first-order valence-electron chi connectivity index (χ1n) is 8.00. The lowest BCUT2D eigenvalue weighted by molar-refractivity contribution is -0.129. The fourth-order valence-electron chi connectivity index (χ4n) is 2.88. The molecule has 2 rings (SSSR count). The lowest BCUT2D eigenvalue weighted by Gasteiger charge is -2.27. The van der Waals surface area contributed by atoms with Gasteiger partial charge >= 0.3 is 0 Å². The Morgan fingerprint density at radius 2 is 1.92 bits per heavy atom. The number of aliphatic hydroxyl groups is 2. The van der Waals surface area contributed by atoms with Gasteiger partial charge in [-0.2, -0.15) is 0 Å². The van der Waals surface area contributed by atoms with Crippen molar-refractivity contribution < 1.29 is 19.8 Å². The van der Waals surface area contributed by atoms with Crippen LogP contribution >= 0.6 is 11.6 Å². The third kappa shape index (κ3) is 3.79. The average molecular weight is 352 g/mol. The number of ketones is 1. The Morgan fingerprint density at radius 1 is 1.29 bits per heavy atom. The molecule has 24 heavy (non-hydrogen) atoms. The Hall–Kier alpha value is -1.85. The molecule has 1 aliphatic heterocycles. The van der Waals surface area contributed by atoms with Gasteiger partial charge in [-0.25, -0.2) is 0 Å². The van der Waals surface area contributed by atoms with Gasteiger partial charge in [0.25, 0.3) is 5.91 Å². The van der Waals surface area contributed by atoms with Crippen LogP contribution in [-0.2, 0) is 9.59 Å². The van der Waals surface area contributed by atoms with Crippen LogP contribution in [0.5, 0.6) is 0 Å². The summed E-state index contributed by atoms with van der Waals surface area (Å²) in [5.74, 6) is -1.18. The van der Waals surface area contributed by atoms with E-state index in [4.69, 9.17) is 16.7 Å². The van der Waals surface area contributed by atoms with Crippen molar-refractivity contribution in [1.82, 2.24) is 4.90 Å². The third-order valence-electron chi connectivity index (χ3n) is 3.94. The molecule has 2 N–H and O–H groups in total. The minimum Gasteiger partial charge on any atom is -0.503 e. The molecule has 0 bridgehead atoms. The van der Waals surface area contributed by atoms with Gasteiger partial charge in [0, 0.05) is 24.6 Å². The summed E-state index contributed by atoms with van der Waals surface area (Å²) < 4.78 is 0. The summed E-state index contributed by atoms with van der Waals surface area (Å²) in [7, 11) is 0. The van der Waals surface area contributed by atoms with Gasteiger partial charge in [0.05, 0.1) is 11.6 Å². The van der Waals surface area contributed by atoms with E-state index in [1.54, 1.807) is 24.3 Å². The molecule has 1 atom stereocenters. The van der Waals surface area contributed by atoms with Crippen LogP contribution in [0, 0.1) is 5.92 Å². The number of aliphatic hydroxyl groups excluding tert-OH is 2. The number of hydrogen-bond donors (Lipinski definition) is 2. The first-order chi connectivity index (χ1) is 11.4.